The number of halogens is 1. The summed E-state index contributed by atoms with van der Waals surface area (Å²) in [6.07, 6.45) is 0. The van der Waals surface area contributed by atoms with E-state index in [-0.39, 0.29) is 10.5 Å². The number of carbonyl (C=O) groups is 1. The second kappa shape index (κ2) is 4.18. The molecular formula is C8H8ClNO4S. The van der Waals surface area contributed by atoms with Crippen molar-refractivity contribution in [2.24, 2.45) is 0 Å². The number of carbonyl (C=O) groups excluding carboxylic acids is 1. The van der Waals surface area contributed by atoms with Gasteiger partial charge in [-0.05, 0) is 24.6 Å². The van der Waals surface area contributed by atoms with Crippen LogP contribution in [0.3, 0.4) is 0 Å². The minimum Gasteiger partial charge on any atom is -0.288 e. The van der Waals surface area contributed by atoms with Gasteiger partial charge in [0.15, 0.2) is 0 Å². The zero-order chi connectivity index (χ0) is 11.6. The SMILES string of the molecule is Cc1ccc(C(=O)NO)cc1S(=O)(=O)Cl. The van der Waals surface area contributed by atoms with Gasteiger partial charge in [0.2, 0.25) is 0 Å². The molecule has 0 atom stereocenters. The smallest absolute Gasteiger partial charge is 0.274 e. The summed E-state index contributed by atoms with van der Waals surface area (Å²) < 4.78 is 22.2. The molecule has 5 nitrogen and oxygen atoms in total. The van der Waals surface area contributed by atoms with E-state index in [1.54, 1.807) is 6.92 Å². The average molecular weight is 250 g/mol. The number of hydroxylamine groups is 1. The van der Waals surface area contributed by atoms with Crippen molar-refractivity contribution in [3.8, 4) is 0 Å². The normalized spacial score (nSPS) is 11.1. The van der Waals surface area contributed by atoms with E-state index in [2.05, 4.69) is 0 Å². The zero-order valence-electron chi connectivity index (χ0n) is 7.69. The minimum absolute atomic E-state index is 0.0160. The molecule has 0 radical (unpaired) electrons. The van der Waals surface area contributed by atoms with Crippen molar-refractivity contribution in [1.29, 1.82) is 0 Å². The summed E-state index contributed by atoms with van der Waals surface area (Å²) in [5, 5.41) is 8.37. The maximum absolute atomic E-state index is 11.1. The van der Waals surface area contributed by atoms with Crippen LogP contribution in [-0.4, -0.2) is 19.5 Å². The molecule has 0 aliphatic carbocycles. The summed E-state index contributed by atoms with van der Waals surface area (Å²) in [5.41, 5.74) is 1.85. The number of benzene rings is 1. The van der Waals surface area contributed by atoms with E-state index in [0.717, 1.165) is 6.07 Å². The van der Waals surface area contributed by atoms with Crippen LogP contribution in [0.15, 0.2) is 23.1 Å². The lowest BCUT2D eigenvalue weighted by Crippen LogP contribution is -2.18. The van der Waals surface area contributed by atoms with Crippen LogP contribution >= 0.6 is 10.7 Å². The maximum atomic E-state index is 11.1. The molecule has 0 aromatic heterocycles. The van der Waals surface area contributed by atoms with Crippen LogP contribution in [0.2, 0.25) is 0 Å². The van der Waals surface area contributed by atoms with E-state index in [1.807, 2.05) is 0 Å². The number of hydrogen-bond acceptors (Lipinski definition) is 4. The van der Waals surface area contributed by atoms with E-state index in [1.165, 1.54) is 17.6 Å². The molecule has 1 aromatic rings. The molecule has 0 bridgehead atoms. The molecule has 0 heterocycles. The number of nitrogens with one attached hydrogen (secondary N) is 1. The van der Waals surface area contributed by atoms with Crippen LogP contribution in [0.25, 0.3) is 0 Å². The third-order valence-corrected chi connectivity index (χ3v) is 3.28. The van der Waals surface area contributed by atoms with Gasteiger partial charge in [-0.2, -0.15) is 0 Å². The van der Waals surface area contributed by atoms with Gasteiger partial charge in [-0.1, -0.05) is 6.07 Å². The first kappa shape index (κ1) is 12.0. The van der Waals surface area contributed by atoms with Gasteiger partial charge in [-0.25, -0.2) is 13.9 Å². The van der Waals surface area contributed by atoms with Gasteiger partial charge in [-0.15, -0.1) is 0 Å². The molecule has 1 rings (SSSR count). The highest BCUT2D eigenvalue weighted by molar-refractivity contribution is 8.13. The van der Waals surface area contributed by atoms with Gasteiger partial charge in [0, 0.05) is 16.2 Å². The zero-order valence-corrected chi connectivity index (χ0v) is 9.26. The van der Waals surface area contributed by atoms with Gasteiger partial charge in [0.25, 0.3) is 15.0 Å². The first-order valence-electron chi connectivity index (χ1n) is 3.86. The van der Waals surface area contributed by atoms with Crippen molar-refractivity contribution >= 4 is 25.6 Å². The first-order valence-corrected chi connectivity index (χ1v) is 6.17. The first-order chi connectivity index (χ1) is 6.86. The molecule has 15 heavy (non-hydrogen) atoms. The highest BCUT2D eigenvalue weighted by Crippen LogP contribution is 2.20. The summed E-state index contributed by atoms with van der Waals surface area (Å²) >= 11 is 0. The van der Waals surface area contributed by atoms with Crippen LogP contribution in [0.5, 0.6) is 0 Å². The van der Waals surface area contributed by atoms with Crippen LogP contribution in [0.4, 0.5) is 0 Å². The standard InChI is InChI=1S/C8H8ClNO4S/c1-5-2-3-6(8(11)10-12)4-7(5)15(9,13)14/h2-4,12H,1H3,(H,10,11). The molecule has 7 heteroatoms. The van der Waals surface area contributed by atoms with Crippen LogP contribution in [-0.2, 0) is 9.05 Å². The lowest BCUT2D eigenvalue weighted by Gasteiger charge is -2.04. The Morgan fingerprint density at radius 3 is 2.53 bits per heavy atom. The van der Waals surface area contributed by atoms with Crippen LogP contribution < -0.4 is 5.48 Å². The molecule has 2 N–H and O–H groups in total. The fraction of sp³-hybridized carbons (Fsp3) is 0.125. The van der Waals surface area contributed by atoms with Crippen molar-refractivity contribution in [2.45, 2.75) is 11.8 Å². The van der Waals surface area contributed by atoms with Gasteiger partial charge in [0.1, 0.15) is 0 Å². The van der Waals surface area contributed by atoms with Gasteiger partial charge in [-0.3, -0.25) is 10.0 Å². The summed E-state index contributed by atoms with van der Waals surface area (Å²) in [7, 11) is 1.27. The Labute approximate surface area is 91.1 Å². The molecule has 0 unspecified atom stereocenters. The molecule has 0 saturated heterocycles. The lowest BCUT2D eigenvalue weighted by molar-refractivity contribution is 0.0706. The second-order valence-corrected chi connectivity index (χ2v) is 5.39. The van der Waals surface area contributed by atoms with E-state index in [4.69, 9.17) is 15.9 Å². The highest BCUT2D eigenvalue weighted by atomic mass is 35.7. The highest BCUT2D eigenvalue weighted by Gasteiger charge is 2.16. The Hall–Kier alpha value is -1.11. The predicted octanol–water partition coefficient (Wildman–Crippen LogP) is 1.04. The Morgan fingerprint density at radius 1 is 1.47 bits per heavy atom. The Morgan fingerprint density at radius 2 is 2.07 bits per heavy atom. The number of hydrogen-bond donors (Lipinski definition) is 2. The molecule has 0 fully saturated rings. The quantitative estimate of drug-likeness (QED) is 0.466. The fourth-order valence-corrected chi connectivity index (χ4v) is 2.29. The maximum Gasteiger partial charge on any atom is 0.274 e. The van der Waals surface area contributed by atoms with Crippen LogP contribution in [0.1, 0.15) is 15.9 Å². The molecule has 0 aliphatic heterocycles. The largest absolute Gasteiger partial charge is 0.288 e. The second-order valence-electron chi connectivity index (χ2n) is 2.86. The molecule has 0 saturated carbocycles. The van der Waals surface area contributed by atoms with Crippen molar-refractivity contribution in [1.82, 2.24) is 5.48 Å². The van der Waals surface area contributed by atoms with Crippen molar-refractivity contribution in [3.05, 3.63) is 29.3 Å². The lowest BCUT2D eigenvalue weighted by atomic mass is 10.1. The monoisotopic (exact) mass is 249 g/mol. The van der Waals surface area contributed by atoms with Gasteiger partial charge >= 0.3 is 0 Å². The Balaban J connectivity index is 3.36. The summed E-state index contributed by atoms with van der Waals surface area (Å²) in [5.74, 6) is -0.795. The number of rotatable bonds is 2. The third kappa shape index (κ3) is 2.68. The van der Waals surface area contributed by atoms with Crippen LogP contribution in [0, 0.1) is 6.92 Å². The number of amides is 1. The summed E-state index contributed by atoms with van der Waals surface area (Å²) in [4.78, 5) is 10.9. The van der Waals surface area contributed by atoms with Gasteiger partial charge < -0.3 is 0 Å². The molecule has 1 amide bonds. The summed E-state index contributed by atoms with van der Waals surface area (Å²) in [6.45, 7) is 1.55. The molecule has 0 spiro atoms. The Bertz CT molecular complexity index is 497. The minimum atomic E-state index is -3.89. The molecule has 1 aromatic carbocycles. The number of aryl methyl sites for hydroxylation is 1. The van der Waals surface area contributed by atoms with E-state index in [9.17, 15) is 13.2 Å². The summed E-state index contributed by atoms with van der Waals surface area (Å²) in [6, 6.07) is 3.91. The molecule has 0 aliphatic rings. The molecular weight excluding hydrogens is 242 g/mol. The third-order valence-electron chi connectivity index (χ3n) is 1.81. The predicted molar refractivity (Wildman–Crippen MR) is 53.5 cm³/mol. The average Bonchev–Trinajstić information content (AvgIpc) is 2.15. The Kier molecular flexibility index (Phi) is 3.33. The molecule has 82 valence electrons. The van der Waals surface area contributed by atoms with Crippen molar-refractivity contribution in [3.63, 3.8) is 0 Å². The van der Waals surface area contributed by atoms with Crippen molar-refractivity contribution in [2.75, 3.05) is 0 Å². The van der Waals surface area contributed by atoms with Crippen molar-refractivity contribution < 1.29 is 18.4 Å². The fourth-order valence-electron chi connectivity index (χ4n) is 1.07. The van der Waals surface area contributed by atoms with E-state index >= 15 is 0 Å². The topological polar surface area (TPSA) is 83.5 Å². The van der Waals surface area contributed by atoms with Gasteiger partial charge in [0.05, 0.1) is 4.90 Å². The van der Waals surface area contributed by atoms with E-state index in [0.29, 0.717) is 5.56 Å². The van der Waals surface area contributed by atoms with E-state index < -0.39 is 15.0 Å².